The molecular formula is C14H19NO2. The van der Waals surface area contributed by atoms with Gasteiger partial charge in [-0.1, -0.05) is 6.07 Å². The molecule has 0 bridgehead atoms. The van der Waals surface area contributed by atoms with Crippen LogP contribution in [0.4, 0.5) is 0 Å². The average Bonchev–Trinajstić information content (AvgIpc) is 2.28. The van der Waals surface area contributed by atoms with Crippen LogP contribution in [0.15, 0.2) is 18.2 Å². The van der Waals surface area contributed by atoms with E-state index in [0.717, 1.165) is 25.8 Å². The number of benzene rings is 1. The molecular weight excluding hydrogens is 214 g/mol. The quantitative estimate of drug-likeness (QED) is 0.523. The molecule has 1 aromatic rings. The Hall–Kier alpha value is -1.66. The van der Waals surface area contributed by atoms with Crippen LogP contribution in [-0.2, 0) is 0 Å². The molecule has 1 rings (SSSR count). The molecule has 0 saturated carbocycles. The standard InChI is InChI=1S/C14H19NO2/c1-3-4-5-6-10-15-11(2)14-12(16)8-7-9-13(14)17/h1,7-9,11,15-17H,4-6,10H2,2H3. The predicted octanol–water partition coefficient (Wildman–Crippen LogP) is 2.55. The van der Waals surface area contributed by atoms with Crippen LogP contribution in [0.25, 0.3) is 0 Å². The van der Waals surface area contributed by atoms with E-state index in [1.807, 2.05) is 6.92 Å². The molecule has 0 aliphatic carbocycles. The Labute approximate surface area is 102 Å². The van der Waals surface area contributed by atoms with E-state index in [1.54, 1.807) is 18.2 Å². The van der Waals surface area contributed by atoms with Crippen molar-refractivity contribution < 1.29 is 10.2 Å². The van der Waals surface area contributed by atoms with E-state index < -0.39 is 0 Å². The van der Waals surface area contributed by atoms with Crippen LogP contribution in [0.1, 0.15) is 37.8 Å². The van der Waals surface area contributed by atoms with E-state index in [0.29, 0.717) is 5.56 Å². The van der Waals surface area contributed by atoms with Crippen LogP contribution in [0, 0.1) is 12.3 Å². The van der Waals surface area contributed by atoms with Gasteiger partial charge in [0.05, 0.1) is 5.56 Å². The molecule has 1 unspecified atom stereocenters. The highest BCUT2D eigenvalue weighted by molar-refractivity contribution is 5.44. The van der Waals surface area contributed by atoms with Crippen molar-refractivity contribution in [2.24, 2.45) is 0 Å². The Morgan fingerprint density at radius 1 is 1.29 bits per heavy atom. The SMILES string of the molecule is C#CCCCCNC(C)c1c(O)cccc1O. The normalized spacial score (nSPS) is 12.0. The topological polar surface area (TPSA) is 52.5 Å². The summed E-state index contributed by atoms with van der Waals surface area (Å²) in [6, 6.07) is 4.69. The van der Waals surface area contributed by atoms with Gasteiger partial charge in [-0.15, -0.1) is 12.3 Å². The molecule has 0 aliphatic heterocycles. The molecule has 1 atom stereocenters. The molecule has 1 aromatic carbocycles. The third-order valence-electron chi connectivity index (χ3n) is 2.69. The minimum absolute atomic E-state index is 0.0814. The zero-order valence-corrected chi connectivity index (χ0v) is 10.1. The lowest BCUT2D eigenvalue weighted by Crippen LogP contribution is -2.20. The molecule has 0 amide bonds. The van der Waals surface area contributed by atoms with Crippen LogP contribution in [0.5, 0.6) is 11.5 Å². The van der Waals surface area contributed by atoms with Crippen molar-refractivity contribution in [2.45, 2.75) is 32.2 Å². The summed E-state index contributed by atoms with van der Waals surface area (Å²) in [4.78, 5) is 0. The molecule has 3 nitrogen and oxygen atoms in total. The van der Waals surface area contributed by atoms with Gasteiger partial charge in [0.15, 0.2) is 0 Å². The van der Waals surface area contributed by atoms with Gasteiger partial charge in [0, 0.05) is 12.5 Å². The molecule has 92 valence electrons. The molecule has 0 aliphatic rings. The number of rotatable bonds is 6. The van der Waals surface area contributed by atoms with E-state index >= 15 is 0 Å². The lowest BCUT2D eigenvalue weighted by atomic mass is 10.1. The fraction of sp³-hybridized carbons (Fsp3) is 0.429. The molecule has 0 radical (unpaired) electrons. The minimum atomic E-state index is -0.0814. The van der Waals surface area contributed by atoms with Crippen LogP contribution < -0.4 is 5.32 Å². The maximum absolute atomic E-state index is 9.68. The lowest BCUT2D eigenvalue weighted by Gasteiger charge is -2.16. The number of terminal acetylenes is 1. The summed E-state index contributed by atoms with van der Waals surface area (Å²) >= 11 is 0. The second-order valence-corrected chi connectivity index (χ2v) is 4.05. The van der Waals surface area contributed by atoms with E-state index in [4.69, 9.17) is 6.42 Å². The van der Waals surface area contributed by atoms with Crippen molar-refractivity contribution in [3.05, 3.63) is 23.8 Å². The Balaban J connectivity index is 2.47. The van der Waals surface area contributed by atoms with Crippen molar-refractivity contribution in [3.8, 4) is 23.8 Å². The van der Waals surface area contributed by atoms with Crippen molar-refractivity contribution in [2.75, 3.05) is 6.54 Å². The number of hydrogen-bond donors (Lipinski definition) is 3. The largest absolute Gasteiger partial charge is 0.507 e. The van der Waals surface area contributed by atoms with Gasteiger partial charge in [0.1, 0.15) is 11.5 Å². The fourth-order valence-corrected chi connectivity index (χ4v) is 1.76. The molecule has 0 aromatic heterocycles. The number of phenolic OH excluding ortho intramolecular Hbond substituents is 2. The zero-order valence-electron chi connectivity index (χ0n) is 10.1. The van der Waals surface area contributed by atoms with E-state index in [1.165, 1.54) is 0 Å². The highest BCUT2D eigenvalue weighted by atomic mass is 16.3. The van der Waals surface area contributed by atoms with Gasteiger partial charge in [-0.05, 0) is 38.4 Å². The van der Waals surface area contributed by atoms with Crippen molar-refractivity contribution >= 4 is 0 Å². The molecule has 0 heterocycles. The van der Waals surface area contributed by atoms with Crippen LogP contribution in [0.3, 0.4) is 0 Å². The molecule has 3 N–H and O–H groups in total. The van der Waals surface area contributed by atoms with Crippen LogP contribution in [-0.4, -0.2) is 16.8 Å². The van der Waals surface area contributed by atoms with Gasteiger partial charge in [-0.25, -0.2) is 0 Å². The zero-order chi connectivity index (χ0) is 12.7. The number of nitrogens with one attached hydrogen (secondary N) is 1. The maximum Gasteiger partial charge on any atom is 0.124 e. The molecule has 0 fully saturated rings. The fourth-order valence-electron chi connectivity index (χ4n) is 1.76. The summed E-state index contributed by atoms with van der Waals surface area (Å²) in [5.41, 5.74) is 0.546. The summed E-state index contributed by atoms with van der Waals surface area (Å²) < 4.78 is 0. The summed E-state index contributed by atoms with van der Waals surface area (Å²) in [5, 5.41) is 22.6. The number of aromatic hydroxyl groups is 2. The number of hydrogen-bond acceptors (Lipinski definition) is 3. The molecule has 0 spiro atoms. The van der Waals surface area contributed by atoms with Gasteiger partial charge in [0.2, 0.25) is 0 Å². The van der Waals surface area contributed by atoms with Gasteiger partial charge in [-0.2, -0.15) is 0 Å². The second-order valence-electron chi connectivity index (χ2n) is 4.05. The van der Waals surface area contributed by atoms with Gasteiger partial charge in [-0.3, -0.25) is 0 Å². The Morgan fingerprint density at radius 3 is 2.53 bits per heavy atom. The van der Waals surface area contributed by atoms with Crippen LogP contribution in [0.2, 0.25) is 0 Å². The summed E-state index contributed by atoms with van der Waals surface area (Å²) in [6.45, 7) is 2.73. The van der Waals surface area contributed by atoms with E-state index in [-0.39, 0.29) is 17.5 Å². The summed E-state index contributed by atoms with van der Waals surface area (Å²) in [7, 11) is 0. The van der Waals surface area contributed by atoms with E-state index in [9.17, 15) is 10.2 Å². The maximum atomic E-state index is 9.68. The van der Waals surface area contributed by atoms with Gasteiger partial charge >= 0.3 is 0 Å². The predicted molar refractivity (Wildman–Crippen MR) is 68.9 cm³/mol. The van der Waals surface area contributed by atoms with E-state index in [2.05, 4.69) is 11.2 Å². The summed E-state index contributed by atoms with van der Waals surface area (Å²) in [5.74, 6) is 2.84. The highest BCUT2D eigenvalue weighted by Gasteiger charge is 2.13. The second kappa shape index (κ2) is 6.82. The Morgan fingerprint density at radius 2 is 1.94 bits per heavy atom. The Bertz CT molecular complexity index is 375. The first-order valence-electron chi connectivity index (χ1n) is 5.84. The van der Waals surface area contributed by atoms with Crippen molar-refractivity contribution in [1.29, 1.82) is 0 Å². The van der Waals surface area contributed by atoms with Crippen LogP contribution >= 0.6 is 0 Å². The molecule has 0 saturated heterocycles. The molecule has 3 heteroatoms. The van der Waals surface area contributed by atoms with Gasteiger partial charge in [0.25, 0.3) is 0 Å². The Kier molecular flexibility index (Phi) is 5.38. The first kappa shape index (κ1) is 13.4. The first-order chi connectivity index (χ1) is 8.16. The first-order valence-corrected chi connectivity index (χ1v) is 5.84. The van der Waals surface area contributed by atoms with Crippen molar-refractivity contribution in [3.63, 3.8) is 0 Å². The highest BCUT2D eigenvalue weighted by Crippen LogP contribution is 2.31. The monoisotopic (exact) mass is 233 g/mol. The smallest absolute Gasteiger partial charge is 0.124 e. The lowest BCUT2D eigenvalue weighted by molar-refractivity contribution is 0.417. The third-order valence-corrected chi connectivity index (χ3v) is 2.69. The van der Waals surface area contributed by atoms with Gasteiger partial charge < -0.3 is 15.5 Å². The summed E-state index contributed by atoms with van der Waals surface area (Å²) in [6.07, 6.45) is 7.93. The minimum Gasteiger partial charge on any atom is -0.507 e. The average molecular weight is 233 g/mol. The third kappa shape index (κ3) is 4.01. The molecule has 17 heavy (non-hydrogen) atoms. The number of phenols is 2. The van der Waals surface area contributed by atoms with Crippen molar-refractivity contribution in [1.82, 2.24) is 5.32 Å². The number of unbranched alkanes of at least 4 members (excludes halogenated alkanes) is 2.